The zero-order chi connectivity index (χ0) is 13.8. The molecule has 4 nitrogen and oxygen atoms in total. The summed E-state index contributed by atoms with van der Waals surface area (Å²) in [5, 5.41) is 2.87. The molecule has 0 saturated heterocycles. The average molecular weight is 323 g/mol. The number of benzene rings is 1. The zero-order valence-electron chi connectivity index (χ0n) is 10.8. The van der Waals surface area contributed by atoms with E-state index < -0.39 is 0 Å². The van der Waals surface area contributed by atoms with Crippen LogP contribution in [0.5, 0.6) is 0 Å². The fraction of sp³-hybridized carbons (Fsp3) is 0.214. The van der Waals surface area contributed by atoms with Crippen LogP contribution in [-0.2, 0) is 6.54 Å². The maximum atomic E-state index is 12.0. The maximum absolute atomic E-state index is 12.0. The molecule has 1 aromatic carbocycles. The summed E-state index contributed by atoms with van der Waals surface area (Å²) in [6, 6.07) is 9.21. The predicted molar refractivity (Wildman–Crippen MR) is 78.1 cm³/mol. The van der Waals surface area contributed by atoms with Crippen molar-refractivity contribution >= 4 is 27.6 Å². The number of nitrogens with zero attached hydrogens (tertiary/aromatic N) is 1. The van der Waals surface area contributed by atoms with Gasteiger partial charge in [0.2, 0.25) is 0 Å². The van der Waals surface area contributed by atoms with Gasteiger partial charge in [-0.15, -0.1) is 0 Å². The summed E-state index contributed by atoms with van der Waals surface area (Å²) >= 11 is 3.40. The Hall–Kier alpha value is -1.75. The SMILES string of the molecule is Cc1cc(Br)ccc1NC(=O)N(C)Cc1ccco1. The van der Waals surface area contributed by atoms with Crippen LogP contribution >= 0.6 is 15.9 Å². The molecule has 0 bridgehead atoms. The van der Waals surface area contributed by atoms with E-state index in [2.05, 4.69) is 21.2 Å². The summed E-state index contributed by atoms with van der Waals surface area (Å²) < 4.78 is 6.21. The Balaban J connectivity index is 2.00. The third kappa shape index (κ3) is 3.61. The fourth-order valence-corrected chi connectivity index (χ4v) is 2.16. The summed E-state index contributed by atoms with van der Waals surface area (Å²) in [5.41, 5.74) is 1.81. The molecule has 19 heavy (non-hydrogen) atoms. The van der Waals surface area contributed by atoms with E-state index in [0.717, 1.165) is 21.5 Å². The first-order valence-electron chi connectivity index (χ1n) is 5.87. The molecule has 0 spiro atoms. The largest absolute Gasteiger partial charge is 0.467 e. The van der Waals surface area contributed by atoms with Crippen molar-refractivity contribution in [2.75, 3.05) is 12.4 Å². The molecule has 0 fully saturated rings. The summed E-state index contributed by atoms with van der Waals surface area (Å²) in [4.78, 5) is 13.6. The van der Waals surface area contributed by atoms with Crippen molar-refractivity contribution in [3.63, 3.8) is 0 Å². The average Bonchev–Trinajstić information content (AvgIpc) is 2.85. The molecule has 0 aliphatic rings. The van der Waals surface area contributed by atoms with Gasteiger partial charge in [-0.3, -0.25) is 0 Å². The van der Waals surface area contributed by atoms with Crippen LogP contribution in [0, 0.1) is 6.92 Å². The molecular weight excluding hydrogens is 308 g/mol. The number of furan rings is 1. The van der Waals surface area contributed by atoms with Gasteiger partial charge in [0.25, 0.3) is 0 Å². The third-order valence-corrected chi connectivity index (χ3v) is 3.24. The lowest BCUT2D eigenvalue weighted by molar-refractivity contribution is 0.217. The van der Waals surface area contributed by atoms with Gasteiger partial charge in [0.15, 0.2) is 0 Å². The molecular formula is C14H15BrN2O2. The van der Waals surface area contributed by atoms with E-state index in [1.54, 1.807) is 24.3 Å². The number of aryl methyl sites for hydroxylation is 1. The lowest BCUT2D eigenvalue weighted by Gasteiger charge is -2.17. The summed E-state index contributed by atoms with van der Waals surface area (Å²) in [6.07, 6.45) is 1.60. The van der Waals surface area contributed by atoms with E-state index in [4.69, 9.17) is 4.42 Å². The highest BCUT2D eigenvalue weighted by Gasteiger charge is 2.11. The molecule has 1 heterocycles. The number of halogens is 1. The molecule has 2 rings (SSSR count). The first kappa shape index (κ1) is 13.7. The molecule has 5 heteroatoms. The molecule has 0 aliphatic carbocycles. The number of anilines is 1. The second kappa shape index (κ2) is 5.93. The second-order valence-corrected chi connectivity index (χ2v) is 5.24. The molecule has 1 N–H and O–H groups in total. The number of carbonyl (C=O) groups excluding carboxylic acids is 1. The van der Waals surface area contributed by atoms with E-state index >= 15 is 0 Å². The molecule has 0 aliphatic heterocycles. The minimum Gasteiger partial charge on any atom is -0.467 e. The minimum atomic E-state index is -0.165. The van der Waals surface area contributed by atoms with Crippen molar-refractivity contribution < 1.29 is 9.21 Å². The highest BCUT2D eigenvalue weighted by molar-refractivity contribution is 9.10. The van der Waals surface area contributed by atoms with E-state index in [0.29, 0.717) is 6.54 Å². The van der Waals surface area contributed by atoms with Crippen molar-refractivity contribution in [3.8, 4) is 0 Å². The van der Waals surface area contributed by atoms with Gasteiger partial charge >= 0.3 is 6.03 Å². The van der Waals surface area contributed by atoms with Crippen LogP contribution in [0.4, 0.5) is 10.5 Å². The van der Waals surface area contributed by atoms with E-state index in [9.17, 15) is 4.79 Å². The summed E-state index contributed by atoms with van der Waals surface area (Å²) in [7, 11) is 1.73. The number of urea groups is 1. The van der Waals surface area contributed by atoms with Crippen molar-refractivity contribution in [2.24, 2.45) is 0 Å². The molecule has 0 radical (unpaired) electrons. The quantitative estimate of drug-likeness (QED) is 0.927. The number of hydrogen-bond donors (Lipinski definition) is 1. The smallest absolute Gasteiger partial charge is 0.322 e. The van der Waals surface area contributed by atoms with Crippen molar-refractivity contribution in [3.05, 3.63) is 52.4 Å². The van der Waals surface area contributed by atoms with Crippen molar-refractivity contribution in [1.82, 2.24) is 4.90 Å². The molecule has 2 aromatic rings. The number of amides is 2. The first-order valence-corrected chi connectivity index (χ1v) is 6.66. The van der Waals surface area contributed by atoms with Crippen LogP contribution in [0.3, 0.4) is 0 Å². The van der Waals surface area contributed by atoms with Crippen LogP contribution in [0.2, 0.25) is 0 Å². The molecule has 0 unspecified atom stereocenters. The Morgan fingerprint density at radius 2 is 2.21 bits per heavy atom. The van der Waals surface area contributed by atoms with E-state index in [1.165, 1.54) is 0 Å². The van der Waals surface area contributed by atoms with E-state index in [-0.39, 0.29) is 6.03 Å². The Kier molecular flexibility index (Phi) is 4.27. The topological polar surface area (TPSA) is 45.5 Å². The Morgan fingerprint density at radius 3 is 2.84 bits per heavy atom. The predicted octanol–water partition coefficient (Wildman–Crippen LogP) is 4.01. The number of nitrogens with one attached hydrogen (secondary N) is 1. The van der Waals surface area contributed by atoms with Gasteiger partial charge in [0.05, 0.1) is 12.8 Å². The van der Waals surface area contributed by atoms with Crippen LogP contribution in [-0.4, -0.2) is 18.0 Å². The first-order chi connectivity index (χ1) is 9.06. The zero-order valence-corrected chi connectivity index (χ0v) is 12.4. The monoisotopic (exact) mass is 322 g/mol. The van der Waals surface area contributed by atoms with Gasteiger partial charge < -0.3 is 14.6 Å². The molecule has 1 aromatic heterocycles. The van der Waals surface area contributed by atoms with Crippen LogP contribution in [0.1, 0.15) is 11.3 Å². The lowest BCUT2D eigenvalue weighted by Crippen LogP contribution is -2.30. The number of rotatable bonds is 3. The van der Waals surface area contributed by atoms with Gasteiger partial charge in [0.1, 0.15) is 5.76 Å². The van der Waals surface area contributed by atoms with Gasteiger partial charge in [-0.1, -0.05) is 15.9 Å². The van der Waals surface area contributed by atoms with Crippen molar-refractivity contribution in [2.45, 2.75) is 13.5 Å². The van der Waals surface area contributed by atoms with Gasteiger partial charge in [-0.2, -0.15) is 0 Å². The van der Waals surface area contributed by atoms with Gasteiger partial charge in [-0.25, -0.2) is 4.79 Å². The number of hydrogen-bond acceptors (Lipinski definition) is 2. The van der Waals surface area contributed by atoms with Crippen LogP contribution < -0.4 is 5.32 Å². The minimum absolute atomic E-state index is 0.165. The van der Waals surface area contributed by atoms with Crippen LogP contribution in [0.25, 0.3) is 0 Å². The highest BCUT2D eigenvalue weighted by Crippen LogP contribution is 2.20. The molecule has 2 amide bonds. The second-order valence-electron chi connectivity index (χ2n) is 4.32. The normalized spacial score (nSPS) is 10.3. The Morgan fingerprint density at radius 1 is 1.42 bits per heavy atom. The van der Waals surface area contributed by atoms with Gasteiger partial charge in [0, 0.05) is 17.2 Å². The molecule has 0 atom stereocenters. The maximum Gasteiger partial charge on any atom is 0.322 e. The Labute approximate surface area is 120 Å². The third-order valence-electron chi connectivity index (χ3n) is 2.75. The highest BCUT2D eigenvalue weighted by atomic mass is 79.9. The number of carbonyl (C=O) groups is 1. The summed E-state index contributed by atoms with van der Waals surface area (Å²) in [5.74, 6) is 0.755. The standard InChI is InChI=1S/C14H15BrN2O2/c1-10-8-11(15)5-6-13(10)16-14(18)17(2)9-12-4-3-7-19-12/h3-8H,9H2,1-2H3,(H,16,18). The molecule has 100 valence electrons. The fourth-order valence-electron chi connectivity index (χ4n) is 1.69. The molecule has 0 saturated carbocycles. The van der Waals surface area contributed by atoms with Crippen molar-refractivity contribution in [1.29, 1.82) is 0 Å². The lowest BCUT2D eigenvalue weighted by atomic mass is 10.2. The van der Waals surface area contributed by atoms with Gasteiger partial charge in [-0.05, 0) is 42.8 Å². The summed E-state index contributed by atoms with van der Waals surface area (Å²) in [6.45, 7) is 2.39. The van der Waals surface area contributed by atoms with Crippen LogP contribution in [0.15, 0.2) is 45.5 Å². The Bertz CT molecular complexity index is 567. The van der Waals surface area contributed by atoms with E-state index in [1.807, 2.05) is 31.2 Å².